The average Bonchev–Trinajstić information content (AvgIpc) is 3.23. The fourth-order valence-corrected chi connectivity index (χ4v) is 4.00. The molecule has 3 nitrogen and oxygen atoms in total. The molecule has 2 atom stereocenters. The predicted octanol–water partition coefficient (Wildman–Crippen LogP) is 5.62. The van der Waals surface area contributed by atoms with Gasteiger partial charge in [0, 0.05) is 12.0 Å². The summed E-state index contributed by atoms with van der Waals surface area (Å²) in [4.78, 5) is 14.5. The molecule has 142 valence electrons. The van der Waals surface area contributed by atoms with Crippen molar-refractivity contribution < 1.29 is 9.53 Å². The van der Waals surface area contributed by atoms with Crippen LogP contribution in [0.4, 0.5) is 4.79 Å². The summed E-state index contributed by atoms with van der Waals surface area (Å²) in [5, 5.41) is 0. The van der Waals surface area contributed by atoms with Crippen molar-refractivity contribution in [3.63, 3.8) is 0 Å². The van der Waals surface area contributed by atoms with Gasteiger partial charge < -0.3 is 4.74 Å². The highest BCUT2D eigenvalue weighted by atomic mass is 16.6. The highest BCUT2D eigenvalue weighted by molar-refractivity contribution is 5.76. The van der Waals surface area contributed by atoms with Gasteiger partial charge in [-0.25, -0.2) is 4.79 Å². The zero-order valence-corrected chi connectivity index (χ0v) is 16.2. The van der Waals surface area contributed by atoms with Gasteiger partial charge in [0.2, 0.25) is 0 Å². The van der Waals surface area contributed by atoms with Crippen LogP contribution in [0.15, 0.2) is 66.4 Å². The third kappa shape index (κ3) is 3.68. The van der Waals surface area contributed by atoms with Crippen LogP contribution in [0, 0.1) is 11.8 Å². The first kappa shape index (κ1) is 18.4. The number of rotatable bonds is 5. The number of hydrogen-bond acceptors (Lipinski definition) is 2. The van der Waals surface area contributed by atoms with E-state index in [9.17, 15) is 4.79 Å². The van der Waals surface area contributed by atoms with Crippen molar-refractivity contribution in [2.75, 3.05) is 0 Å². The van der Waals surface area contributed by atoms with Crippen LogP contribution >= 0.6 is 0 Å². The van der Waals surface area contributed by atoms with Gasteiger partial charge in [-0.2, -0.15) is 0 Å². The topological polar surface area (TPSA) is 29.5 Å². The zero-order valence-electron chi connectivity index (χ0n) is 16.2. The molecule has 0 bridgehead atoms. The maximum atomic E-state index is 12.7. The molecule has 1 aliphatic carbocycles. The quantitative estimate of drug-likeness (QED) is 0.504. The number of allylic oxidation sites excluding steroid dienone is 2. The molecule has 1 fully saturated rings. The minimum absolute atomic E-state index is 0.0776. The summed E-state index contributed by atoms with van der Waals surface area (Å²) in [5.74, 6) is 6.48. The SMILES string of the molecule is CCCCC/C=C(\C#Cc1ccccc1)N1C(=O)O[C@@H]2Cc3ccccc3[C@@H]21. The summed E-state index contributed by atoms with van der Waals surface area (Å²) in [6.07, 6.45) is 6.83. The molecule has 0 spiro atoms. The fraction of sp³-hybridized carbons (Fsp3) is 0.320. The minimum Gasteiger partial charge on any atom is -0.443 e. The standard InChI is InChI=1S/C25H25NO2/c1-2-3-4-8-14-21(17-16-19-11-6-5-7-12-19)26-24-22-15-10-9-13-20(22)18-23(24)28-25(26)27/h5-7,9-15,23-24H,2-4,8,18H2,1H3/b21-14+/t23-,24+/m1/s1. The zero-order chi connectivity index (χ0) is 19.3. The Bertz CT molecular complexity index is 936. The maximum absolute atomic E-state index is 12.7. The van der Waals surface area contributed by atoms with Gasteiger partial charge >= 0.3 is 6.09 Å². The maximum Gasteiger partial charge on any atom is 0.415 e. The number of amides is 1. The molecule has 1 aliphatic heterocycles. The van der Waals surface area contributed by atoms with Crippen LogP contribution in [0.25, 0.3) is 0 Å². The Morgan fingerprint density at radius 2 is 1.93 bits per heavy atom. The molecule has 1 heterocycles. The molecule has 2 aliphatic rings. The molecule has 0 radical (unpaired) electrons. The molecule has 2 aromatic rings. The van der Waals surface area contributed by atoms with E-state index in [1.165, 1.54) is 24.0 Å². The van der Waals surface area contributed by atoms with E-state index in [1.807, 2.05) is 42.5 Å². The van der Waals surface area contributed by atoms with Gasteiger partial charge in [-0.05, 0) is 42.0 Å². The molecular formula is C25H25NO2. The lowest BCUT2D eigenvalue weighted by molar-refractivity contribution is 0.134. The first-order valence-corrected chi connectivity index (χ1v) is 10.1. The molecule has 1 amide bonds. The number of nitrogens with zero attached hydrogens (tertiary/aromatic N) is 1. The largest absolute Gasteiger partial charge is 0.443 e. The predicted molar refractivity (Wildman–Crippen MR) is 111 cm³/mol. The monoisotopic (exact) mass is 371 g/mol. The molecule has 0 unspecified atom stereocenters. The van der Waals surface area contributed by atoms with Gasteiger partial charge in [0.25, 0.3) is 0 Å². The molecule has 2 aromatic carbocycles. The van der Waals surface area contributed by atoms with Gasteiger partial charge in [-0.1, -0.05) is 74.2 Å². The summed E-state index contributed by atoms with van der Waals surface area (Å²) in [6.45, 7) is 2.19. The van der Waals surface area contributed by atoms with Crippen LogP contribution in [0.5, 0.6) is 0 Å². The number of carbonyl (C=O) groups is 1. The number of ether oxygens (including phenoxy) is 1. The van der Waals surface area contributed by atoms with E-state index in [2.05, 4.69) is 37.0 Å². The molecule has 0 saturated carbocycles. The van der Waals surface area contributed by atoms with Crippen LogP contribution in [-0.4, -0.2) is 17.1 Å². The van der Waals surface area contributed by atoms with Crippen molar-refractivity contribution in [3.8, 4) is 11.8 Å². The third-order valence-electron chi connectivity index (χ3n) is 5.39. The number of carbonyl (C=O) groups excluding carboxylic acids is 1. The Labute approximate surface area is 167 Å². The van der Waals surface area contributed by atoms with Gasteiger partial charge in [0.05, 0.1) is 5.70 Å². The second-order valence-corrected chi connectivity index (χ2v) is 7.34. The number of hydrogen-bond donors (Lipinski definition) is 0. The smallest absolute Gasteiger partial charge is 0.415 e. The summed E-state index contributed by atoms with van der Waals surface area (Å²) in [7, 11) is 0. The van der Waals surface area contributed by atoms with E-state index in [0.29, 0.717) is 0 Å². The highest BCUT2D eigenvalue weighted by Crippen LogP contribution is 2.44. The molecule has 3 heteroatoms. The van der Waals surface area contributed by atoms with E-state index < -0.39 is 0 Å². The van der Waals surface area contributed by atoms with Gasteiger partial charge in [-0.15, -0.1) is 0 Å². The Morgan fingerprint density at radius 3 is 2.75 bits per heavy atom. The van der Waals surface area contributed by atoms with E-state index >= 15 is 0 Å². The van der Waals surface area contributed by atoms with Crippen LogP contribution in [-0.2, 0) is 11.2 Å². The number of fused-ring (bicyclic) bond motifs is 3. The first-order chi connectivity index (χ1) is 13.8. The first-order valence-electron chi connectivity index (χ1n) is 10.1. The average molecular weight is 371 g/mol. The normalized spacial score (nSPS) is 20.2. The van der Waals surface area contributed by atoms with Gasteiger partial charge in [0.15, 0.2) is 0 Å². The van der Waals surface area contributed by atoms with Crippen molar-refractivity contribution in [1.82, 2.24) is 4.90 Å². The highest BCUT2D eigenvalue weighted by Gasteiger charge is 2.48. The Balaban J connectivity index is 1.67. The molecule has 4 rings (SSSR count). The van der Waals surface area contributed by atoms with Gasteiger partial charge in [-0.3, -0.25) is 4.90 Å². The van der Waals surface area contributed by atoms with E-state index in [0.717, 1.165) is 30.5 Å². The molecule has 0 aromatic heterocycles. The van der Waals surface area contributed by atoms with E-state index in [1.54, 1.807) is 4.90 Å². The summed E-state index contributed by atoms with van der Waals surface area (Å²) in [5.41, 5.74) is 4.14. The Morgan fingerprint density at radius 1 is 1.14 bits per heavy atom. The second kappa shape index (κ2) is 8.35. The van der Waals surface area contributed by atoms with Crippen molar-refractivity contribution in [2.24, 2.45) is 0 Å². The van der Waals surface area contributed by atoms with E-state index in [-0.39, 0.29) is 18.2 Å². The Kier molecular flexibility index (Phi) is 5.48. The van der Waals surface area contributed by atoms with Crippen LogP contribution < -0.4 is 0 Å². The lowest BCUT2D eigenvalue weighted by atomic mass is 10.1. The molecular weight excluding hydrogens is 346 g/mol. The Hall–Kier alpha value is -2.99. The third-order valence-corrected chi connectivity index (χ3v) is 5.39. The van der Waals surface area contributed by atoms with Crippen molar-refractivity contribution in [3.05, 3.63) is 83.1 Å². The lowest BCUT2D eigenvalue weighted by Crippen LogP contribution is -2.27. The van der Waals surface area contributed by atoms with Crippen molar-refractivity contribution in [1.29, 1.82) is 0 Å². The second-order valence-electron chi connectivity index (χ2n) is 7.34. The summed E-state index contributed by atoms with van der Waals surface area (Å²) in [6, 6.07) is 18.1. The number of benzene rings is 2. The van der Waals surface area contributed by atoms with Crippen molar-refractivity contribution >= 4 is 6.09 Å². The lowest BCUT2D eigenvalue weighted by Gasteiger charge is -2.21. The fourth-order valence-electron chi connectivity index (χ4n) is 4.00. The van der Waals surface area contributed by atoms with Crippen molar-refractivity contribution in [2.45, 2.75) is 51.2 Å². The van der Waals surface area contributed by atoms with Crippen LogP contribution in [0.2, 0.25) is 0 Å². The molecule has 1 saturated heterocycles. The van der Waals surface area contributed by atoms with Crippen LogP contribution in [0.1, 0.15) is 55.3 Å². The van der Waals surface area contributed by atoms with Gasteiger partial charge in [0.1, 0.15) is 12.1 Å². The molecule has 28 heavy (non-hydrogen) atoms. The summed E-state index contributed by atoms with van der Waals surface area (Å²) < 4.78 is 5.72. The van der Waals surface area contributed by atoms with Crippen LogP contribution in [0.3, 0.4) is 0 Å². The minimum atomic E-state index is -0.284. The number of unbranched alkanes of at least 4 members (excludes halogenated alkanes) is 3. The van der Waals surface area contributed by atoms with E-state index in [4.69, 9.17) is 4.74 Å². The summed E-state index contributed by atoms with van der Waals surface area (Å²) >= 11 is 0. The molecule has 0 N–H and O–H groups in total.